The van der Waals surface area contributed by atoms with Crippen molar-refractivity contribution in [2.75, 3.05) is 6.66 Å². The molecule has 1 rings (SSSR count). The molecule has 2 N–H and O–H groups in total. The van der Waals surface area contributed by atoms with E-state index in [1.165, 1.54) is 6.66 Å². The fourth-order valence-corrected chi connectivity index (χ4v) is 1.48. The summed E-state index contributed by atoms with van der Waals surface area (Å²) in [5.74, 6) is -1.28. The number of hydrogen-bond acceptors (Lipinski definition) is 3. The van der Waals surface area contributed by atoms with Crippen LogP contribution in [0.5, 0.6) is 0 Å². The average molecular weight is 162 g/mol. The SMILES string of the molecule is C[PH](=O)C1NC(=O)NC1=O. The van der Waals surface area contributed by atoms with Gasteiger partial charge in [0, 0.05) is 0 Å². The van der Waals surface area contributed by atoms with Crippen LogP contribution in [0.15, 0.2) is 0 Å². The van der Waals surface area contributed by atoms with E-state index in [4.69, 9.17) is 0 Å². The number of nitrogens with one attached hydrogen (secondary N) is 2. The average Bonchev–Trinajstić information content (AvgIpc) is 2.10. The molecule has 6 heteroatoms. The fraction of sp³-hybridized carbons (Fsp3) is 0.500. The summed E-state index contributed by atoms with van der Waals surface area (Å²) in [6.45, 7) is 1.43. The standard InChI is InChI=1S/C4H7N2O3P/c1-10(9)3-2(7)5-4(8)6-3/h3,10H,1H3,(H2,5,6,7,8). The summed E-state index contributed by atoms with van der Waals surface area (Å²) in [5, 5.41) is 4.22. The summed E-state index contributed by atoms with van der Waals surface area (Å²) in [4.78, 5) is 21.1. The van der Waals surface area contributed by atoms with E-state index in [-0.39, 0.29) is 0 Å². The molecule has 2 atom stereocenters. The number of imide groups is 1. The zero-order valence-electron chi connectivity index (χ0n) is 5.30. The molecule has 0 aromatic rings. The summed E-state index contributed by atoms with van der Waals surface area (Å²) >= 11 is 0. The van der Waals surface area contributed by atoms with Crippen LogP contribution in [0, 0.1) is 0 Å². The first-order valence-corrected chi connectivity index (χ1v) is 4.71. The number of carbonyl (C=O) groups excluding carboxylic acids is 2. The second kappa shape index (κ2) is 2.42. The maximum Gasteiger partial charge on any atom is 0.322 e. The van der Waals surface area contributed by atoms with Crippen LogP contribution in [0.4, 0.5) is 4.79 Å². The van der Waals surface area contributed by atoms with Crippen LogP contribution in [0.25, 0.3) is 0 Å². The second-order valence-corrected chi connectivity index (χ2v) is 3.81. The van der Waals surface area contributed by atoms with E-state index in [1.807, 2.05) is 5.32 Å². The molecule has 0 aromatic carbocycles. The van der Waals surface area contributed by atoms with E-state index >= 15 is 0 Å². The predicted molar refractivity (Wildman–Crippen MR) is 35.4 cm³/mol. The zero-order chi connectivity index (χ0) is 7.72. The van der Waals surface area contributed by atoms with Crippen LogP contribution in [-0.4, -0.2) is 24.4 Å². The summed E-state index contributed by atoms with van der Waals surface area (Å²) in [6.07, 6.45) is 0. The van der Waals surface area contributed by atoms with E-state index in [1.54, 1.807) is 0 Å². The molecule has 0 spiro atoms. The van der Waals surface area contributed by atoms with Crippen molar-refractivity contribution < 1.29 is 14.2 Å². The lowest BCUT2D eigenvalue weighted by molar-refractivity contribution is -0.118. The number of amides is 3. The van der Waals surface area contributed by atoms with Gasteiger partial charge in [-0.2, -0.15) is 0 Å². The Morgan fingerprint density at radius 1 is 1.50 bits per heavy atom. The molecule has 0 aliphatic carbocycles. The zero-order valence-corrected chi connectivity index (χ0v) is 6.30. The third-order valence-corrected chi connectivity index (χ3v) is 2.40. The van der Waals surface area contributed by atoms with Crippen LogP contribution >= 0.6 is 7.80 Å². The van der Waals surface area contributed by atoms with Gasteiger partial charge in [-0.15, -0.1) is 0 Å². The molecule has 1 aliphatic rings. The van der Waals surface area contributed by atoms with Crippen LogP contribution < -0.4 is 10.6 Å². The van der Waals surface area contributed by atoms with Crippen molar-refractivity contribution in [3.05, 3.63) is 0 Å². The number of urea groups is 1. The number of carbonyl (C=O) groups is 2. The van der Waals surface area contributed by atoms with Crippen molar-refractivity contribution in [1.29, 1.82) is 0 Å². The van der Waals surface area contributed by atoms with Crippen molar-refractivity contribution in [2.24, 2.45) is 0 Å². The minimum Gasteiger partial charge on any atom is -0.324 e. The Morgan fingerprint density at radius 3 is 2.30 bits per heavy atom. The highest BCUT2D eigenvalue weighted by Crippen LogP contribution is 2.22. The molecule has 5 nitrogen and oxygen atoms in total. The van der Waals surface area contributed by atoms with Crippen molar-refractivity contribution in [3.63, 3.8) is 0 Å². The van der Waals surface area contributed by atoms with Gasteiger partial charge in [0.2, 0.25) is 0 Å². The van der Waals surface area contributed by atoms with E-state index in [0.29, 0.717) is 0 Å². The van der Waals surface area contributed by atoms with Gasteiger partial charge in [0.25, 0.3) is 5.91 Å². The Balaban J connectivity index is 2.72. The minimum absolute atomic E-state index is 0.489. The van der Waals surface area contributed by atoms with Crippen molar-refractivity contribution in [3.8, 4) is 0 Å². The summed E-state index contributed by atoms with van der Waals surface area (Å²) in [6, 6.07) is -0.560. The molecule has 1 saturated heterocycles. The molecule has 1 heterocycles. The Morgan fingerprint density at radius 2 is 2.10 bits per heavy atom. The maximum atomic E-state index is 10.7. The van der Waals surface area contributed by atoms with Gasteiger partial charge in [-0.25, -0.2) is 4.79 Å². The third-order valence-electron chi connectivity index (χ3n) is 1.18. The molecule has 0 radical (unpaired) electrons. The van der Waals surface area contributed by atoms with Gasteiger partial charge in [0.15, 0.2) is 5.78 Å². The number of hydrogen-bond donors (Lipinski definition) is 2. The highest BCUT2D eigenvalue weighted by atomic mass is 31.1. The Labute approximate surface area is 58.0 Å². The first kappa shape index (κ1) is 7.28. The Kier molecular flexibility index (Phi) is 1.76. The molecule has 0 saturated carbocycles. The monoisotopic (exact) mass is 162 g/mol. The fourth-order valence-electron chi connectivity index (χ4n) is 0.703. The largest absolute Gasteiger partial charge is 0.324 e. The first-order chi connectivity index (χ1) is 4.61. The van der Waals surface area contributed by atoms with E-state index in [2.05, 4.69) is 5.32 Å². The lowest BCUT2D eigenvalue weighted by atomic mass is 10.6. The van der Waals surface area contributed by atoms with Crippen LogP contribution in [0.3, 0.4) is 0 Å². The van der Waals surface area contributed by atoms with Gasteiger partial charge in [-0.1, -0.05) is 0 Å². The Bertz CT molecular complexity index is 215. The normalized spacial score (nSPS) is 27.5. The summed E-state index contributed by atoms with van der Waals surface area (Å²) < 4.78 is 10.7. The van der Waals surface area contributed by atoms with Crippen molar-refractivity contribution >= 4 is 19.7 Å². The molecular weight excluding hydrogens is 155 g/mol. The lowest BCUT2D eigenvalue weighted by Gasteiger charge is -1.99. The quantitative estimate of drug-likeness (QED) is 0.397. The van der Waals surface area contributed by atoms with Crippen LogP contribution in [0.1, 0.15) is 0 Å². The predicted octanol–water partition coefficient (Wildman–Crippen LogP) is -0.659. The molecule has 56 valence electrons. The van der Waals surface area contributed by atoms with Gasteiger partial charge in [0.05, 0.1) is 0 Å². The van der Waals surface area contributed by atoms with Gasteiger partial charge < -0.3 is 9.88 Å². The molecule has 1 aliphatic heterocycles. The molecule has 0 aromatic heterocycles. The van der Waals surface area contributed by atoms with Crippen molar-refractivity contribution in [1.82, 2.24) is 10.6 Å². The molecule has 0 bridgehead atoms. The molecule has 3 amide bonds. The molecule has 10 heavy (non-hydrogen) atoms. The minimum atomic E-state index is -1.99. The summed E-state index contributed by atoms with van der Waals surface area (Å²) in [5.41, 5.74) is 0. The van der Waals surface area contributed by atoms with Gasteiger partial charge in [-0.05, 0) is 6.66 Å². The third kappa shape index (κ3) is 1.19. The van der Waals surface area contributed by atoms with Crippen molar-refractivity contribution in [2.45, 2.75) is 5.78 Å². The second-order valence-electron chi connectivity index (χ2n) is 2.01. The first-order valence-electron chi connectivity index (χ1n) is 2.73. The lowest BCUT2D eigenvalue weighted by Crippen LogP contribution is -2.24. The van der Waals surface area contributed by atoms with Gasteiger partial charge >= 0.3 is 6.03 Å². The van der Waals surface area contributed by atoms with Gasteiger partial charge in [0.1, 0.15) is 7.80 Å². The number of rotatable bonds is 1. The maximum absolute atomic E-state index is 10.7. The molecular formula is C4H7N2O3P. The molecule has 1 fully saturated rings. The Hall–Kier alpha value is -0.830. The van der Waals surface area contributed by atoms with Crippen LogP contribution in [-0.2, 0) is 9.36 Å². The van der Waals surface area contributed by atoms with Crippen LogP contribution in [0.2, 0.25) is 0 Å². The topological polar surface area (TPSA) is 75.3 Å². The van der Waals surface area contributed by atoms with E-state index in [9.17, 15) is 14.2 Å². The highest BCUT2D eigenvalue weighted by molar-refractivity contribution is 7.45. The summed E-state index contributed by atoms with van der Waals surface area (Å²) in [7, 11) is -1.99. The van der Waals surface area contributed by atoms with Gasteiger partial charge in [-0.3, -0.25) is 10.1 Å². The molecule has 2 unspecified atom stereocenters. The smallest absolute Gasteiger partial charge is 0.322 e. The van der Waals surface area contributed by atoms with E-state index < -0.39 is 25.5 Å². The highest BCUT2D eigenvalue weighted by Gasteiger charge is 2.31. The van der Waals surface area contributed by atoms with E-state index in [0.717, 1.165) is 0 Å².